The van der Waals surface area contributed by atoms with E-state index in [1.807, 2.05) is 30.3 Å². The monoisotopic (exact) mass is 279 g/mol. The lowest BCUT2D eigenvalue weighted by Gasteiger charge is -2.37. The van der Waals surface area contributed by atoms with Gasteiger partial charge in [-0.05, 0) is 24.6 Å². The van der Waals surface area contributed by atoms with E-state index < -0.39 is 0 Å². The number of aryl methyl sites for hydroxylation is 1. The van der Waals surface area contributed by atoms with Gasteiger partial charge >= 0.3 is 0 Å². The number of nitrogens with zero attached hydrogens (tertiary/aromatic N) is 2. The van der Waals surface area contributed by atoms with Gasteiger partial charge in [0.1, 0.15) is 5.84 Å². The quantitative estimate of drug-likeness (QED) is 0.676. The molecule has 1 N–H and O–H groups in total. The van der Waals surface area contributed by atoms with Crippen molar-refractivity contribution in [1.29, 1.82) is 5.41 Å². The van der Waals surface area contributed by atoms with Crippen LogP contribution in [0.15, 0.2) is 54.6 Å². The fraction of sp³-hybridized carbons (Fsp3) is 0.278. The van der Waals surface area contributed by atoms with Crippen molar-refractivity contribution in [1.82, 2.24) is 4.90 Å². The lowest BCUT2D eigenvalue weighted by molar-refractivity contribution is 0.384. The largest absolute Gasteiger partial charge is 0.368 e. The van der Waals surface area contributed by atoms with E-state index in [4.69, 9.17) is 5.41 Å². The van der Waals surface area contributed by atoms with E-state index in [9.17, 15) is 0 Å². The number of benzene rings is 2. The van der Waals surface area contributed by atoms with Gasteiger partial charge in [0.05, 0.1) is 0 Å². The van der Waals surface area contributed by atoms with Crippen molar-refractivity contribution in [2.75, 3.05) is 31.1 Å². The lowest BCUT2D eigenvalue weighted by atomic mass is 10.1. The molecular weight excluding hydrogens is 258 g/mol. The molecule has 0 saturated carbocycles. The predicted octanol–water partition coefficient (Wildman–Crippen LogP) is 3.14. The highest BCUT2D eigenvalue weighted by Gasteiger charge is 2.19. The molecule has 0 bridgehead atoms. The van der Waals surface area contributed by atoms with Gasteiger partial charge in [0.2, 0.25) is 0 Å². The highest BCUT2D eigenvalue weighted by atomic mass is 15.3. The second kappa shape index (κ2) is 6.00. The zero-order valence-electron chi connectivity index (χ0n) is 12.4. The molecule has 1 aliphatic rings. The third kappa shape index (κ3) is 3.07. The molecule has 3 rings (SSSR count). The van der Waals surface area contributed by atoms with Crippen LogP contribution in [0.4, 0.5) is 5.69 Å². The number of rotatable bonds is 2. The molecule has 0 amide bonds. The summed E-state index contributed by atoms with van der Waals surface area (Å²) in [5, 5.41) is 8.34. The average Bonchev–Trinajstić information content (AvgIpc) is 2.55. The predicted molar refractivity (Wildman–Crippen MR) is 88.2 cm³/mol. The first-order valence-corrected chi connectivity index (χ1v) is 7.44. The normalized spacial score (nSPS) is 15.1. The number of amidine groups is 1. The van der Waals surface area contributed by atoms with Crippen molar-refractivity contribution >= 4 is 11.5 Å². The summed E-state index contributed by atoms with van der Waals surface area (Å²) >= 11 is 0. The molecule has 2 aromatic rings. The van der Waals surface area contributed by atoms with Crippen molar-refractivity contribution in [3.63, 3.8) is 0 Å². The molecule has 1 heterocycles. The first kappa shape index (κ1) is 13.7. The van der Waals surface area contributed by atoms with E-state index in [1.54, 1.807) is 0 Å². The molecule has 108 valence electrons. The van der Waals surface area contributed by atoms with Crippen LogP contribution in [0.3, 0.4) is 0 Å². The van der Waals surface area contributed by atoms with Crippen molar-refractivity contribution in [3.8, 4) is 0 Å². The highest BCUT2D eigenvalue weighted by Crippen LogP contribution is 2.18. The molecule has 1 aliphatic heterocycles. The Labute approximate surface area is 126 Å². The fourth-order valence-electron chi connectivity index (χ4n) is 2.79. The maximum absolute atomic E-state index is 8.34. The molecule has 1 saturated heterocycles. The number of hydrogen-bond acceptors (Lipinski definition) is 2. The summed E-state index contributed by atoms with van der Waals surface area (Å²) in [4.78, 5) is 4.57. The molecule has 0 spiro atoms. The van der Waals surface area contributed by atoms with Gasteiger partial charge in [-0.1, -0.05) is 42.5 Å². The summed E-state index contributed by atoms with van der Waals surface area (Å²) < 4.78 is 0. The van der Waals surface area contributed by atoms with Crippen molar-refractivity contribution in [2.24, 2.45) is 0 Å². The van der Waals surface area contributed by atoms with E-state index >= 15 is 0 Å². The summed E-state index contributed by atoms with van der Waals surface area (Å²) in [5.74, 6) is 0.638. The van der Waals surface area contributed by atoms with E-state index in [1.165, 1.54) is 11.3 Å². The first-order valence-electron chi connectivity index (χ1n) is 7.44. The number of piperazine rings is 1. The summed E-state index contributed by atoms with van der Waals surface area (Å²) in [6, 6.07) is 18.6. The second-order valence-corrected chi connectivity index (χ2v) is 5.53. The zero-order valence-corrected chi connectivity index (χ0v) is 12.4. The minimum Gasteiger partial charge on any atom is -0.368 e. The third-order valence-corrected chi connectivity index (χ3v) is 4.01. The van der Waals surface area contributed by atoms with E-state index in [-0.39, 0.29) is 0 Å². The van der Waals surface area contributed by atoms with Gasteiger partial charge in [-0.15, -0.1) is 0 Å². The van der Waals surface area contributed by atoms with Gasteiger partial charge in [-0.25, -0.2) is 0 Å². The Bertz CT molecular complexity index is 613. The number of hydrogen-bond donors (Lipinski definition) is 1. The zero-order chi connectivity index (χ0) is 14.7. The minimum absolute atomic E-state index is 0.638. The van der Waals surface area contributed by atoms with Crippen LogP contribution in [0, 0.1) is 12.3 Å². The molecule has 21 heavy (non-hydrogen) atoms. The average molecular weight is 279 g/mol. The fourth-order valence-corrected chi connectivity index (χ4v) is 2.79. The molecule has 3 heteroatoms. The summed E-state index contributed by atoms with van der Waals surface area (Å²) in [5.41, 5.74) is 3.59. The third-order valence-electron chi connectivity index (χ3n) is 4.01. The minimum atomic E-state index is 0.638. The molecule has 3 nitrogen and oxygen atoms in total. The molecule has 0 unspecified atom stereocenters. The van der Waals surface area contributed by atoms with Gasteiger partial charge in [-0.3, -0.25) is 5.41 Å². The first-order chi connectivity index (χ1) is 10.2. The topological polar surface area (TPSA) is 30.3 Å². The Morgan fingerprint density at radius 1 is 0.905 bits per heavy atom. The van der Waals surface area contributed by atoms with Crippen LogP contribution >= 0.6 is 0 Å². The number of nitrogens with one attached hydrogen (secondary N) is 1. The molecule has 0 radical (unpaired) electrons. The van der Waals surface area contributed by atoms with E-state index in [0.717, 1.165) is 31.7 Å². The summed E-state index contributed by atoms with van der Waals surface area (Å²) in [6.45, 7) is 5.88. The molecule has 2 aromatic carbocycles. The summed E-state index contributed by atoms with van der Waals surface area (Å²) in [7, 11) is 0. The van der Waals surface area contributed by atoms with Crippen LogP contribution in [0.25, 0.3) is 0 Å². The van der Waals surface area contributed by atoms with Crippen molar-refractivity contribution in [3.05, 3.63) is 65.7 Å². The van der Waals surface area contributed by atoms with Crippen LogP contribution < -0.4 is 4.90 Å². The van der Waals surface area contributed by atoms with Crippen LogP contribution in [0.5, 0.6) is 0 Å². The Morgan fingerprint density at radius 2 is 1.62 bits per heavy atom. The van der Waals surface area contributed by atoms with Gasteiger partial charge in [0.15, 0.2) is 0 Å². The standard InChI is InChI=1S/C18H21N3/c1-15-6-5-9-17(14-15)20-10-12-21(13-11-20)18(19)16-7-3-2-4-8-16/h2-9,14,19H,10-13H2,1H3. The molecular formula is C18H21N3. The maximum Gasteiger partial charge on any atom is 0.128 e. The van der Waals surface area contributed by atoms with Crippen LogP contribution in [-0.4, -0.2) is 36.9 Å². The van der Waals surface area contributed by atoms with Crippen molar-refractivity contribution in [2.45, 2.75) is 6.92 Å². The van der Waals surface area contributed by atoms with Gasteiger partial charge in [-0.2, -0.15) is 0 Å². The second-order valence-electron chi connectivity index (χ2n) is 5.53. The van der Waals surface area contributed by atoms with Gasteiger partial charge in [0, 0.05) is 37.4 Å². The maximum atomic E-state index is 8.34. The molecule has 0 aliphatic carbocycles. The van der Waals surface area contributed by atoms with Crippen LogP contribution in [0.2, 0.25) is 0 Å². The van der Waals surface area contributed by atoms with Gasteiger partial charge in [0.25, 0.3) is 0 Å². The lowest BCUT2D eigenvalue weighted by Crippen LogP contribution is -2.48. The van der Waals surface area contributed by atoms with Crippen LogP contribution in [-0.2, 0) is 0 Å². The summed E-state index contributed by atoms with van der Waals surface area (Å²) in [6.07, 6.45) is 0. The molecule has 1 fully saturated rings. The number of anilines is 1. The highest BCUT2D eigenvalue weighted by molar-refractivity contribution is 5.96. The van der Waals surface area contributed by atoms with E-state index in [2.05, 4.69) is 41.0 Å². The molecule has 0 aromatic heterocycles. The Balaban J connectivity index is 1.64. The smallest absolute Gasteiger partial charge is 0.128 e. The van der Waals surface area contributed by atoms with E-state index in [0.29, 0.717) is 5.84 Å². The Kier molecular flexibility index (Phi) is 3.91. The SMILES string of the molecule is Cc1cccc(N2CCN(C(=N)c3ccccc3)CC2)c1. The van der Waals surface area contributed by atoms with Crippen LogP contribution in [0.1, 0.15) is 11.1 Å². The van der Waals surface area contributed by atoms with Gasteiger partial charge < -0.3 is 9.80 Å². The molecule has 0 atom stereocenters. The Morgan fingerprint density at radius 3 is 2.29 bits per heavy atom. The van der Waals surface area contributed by atoms with Crippen molar-refractivity contribution < 1.29 is 0 Å². The Hall–Kier alpha value is -2.29.